The number of imidazole rings is 1. The van der Waals surface area contributed by atoms with E-state index in [1.807, 2.05) is 24.3 Å². The number of para-hydroxylation sites is 3. The molecule has 1 saturated carbocycles. The van der Waals surface area contributed by atoms with Gasteiger partial charge >= 0.3 is 6.03 Å². The number of H-pyrrole nitrogens is 1. The van der Waals surface area contributed by atoms with Crippen LogP contribution in [0.1, 0.15) is 31.5 Å². The summed E-state index contributed by atoms with van der Waals surface area (Å²) in [6, 6.07) is 14.1. The van der Waals surface area contributed by atoms with Gasteiger partial charge in [-0.25, -0.2) is 14.2 Å². The van der Waals surface area contributed by atoms with E-state index in [-0.39, 0.29) is 17.9 Å². The zero-order valence-electron chi connectivity index (χ0n) is 15.1. The van der Waals surface area contributed by atoms with Crippen LogP contribution < -0.4 is 10.2 Å². The number of benzene rings is 2. The van der Waals surface area contributed by atoms with Gasteiger partial charge in [0.2, 0.25) is 0 Å². The van der Waals surface area contributed by atoms with Crippen molar-refractivity contribution in [3.63, 3.8) is 0 Å². The Labute approximate surface area is 157 Å². The van der Waals surface area contributed by atoms with E-state index in [9.17, 15) is 9.18 Å². The maximum atomic E-state index is 14.3. The summed E-state index contributed by atoms with van der Waals surface area (Å²) in [5, 5.41) is 2.94. The molecule has 27 heavy (non-hydrogen) atoms. The molecule has 1 heterocycles. The van der Waals surface area contributed by atoms with Crippen LogP contribution in [-0.2, 0) is 6.42 Å². The van der Waals surface area contributed by atoms with E-state index >= 15 is 0 Å². The second-order valence-corrected chi connectivity index (χ2v) is 6.94. The van der Waals surface area contributed by atoms with Gasteiger partial charge < -0.3 is 10.3 Å². The van der Waals surface area contributed by atoms with E-state index in [0.717, 1.165) is 42.5 Å². The van der Waals surface area contributed by atoms with Crippen LogP contribution in [0, 0.1) is 5.82 Å². The van der Waals surface area contributed by atoms with E-state index < -0.39 is 0 Å². The lowest BCUT2D eigenvalue weighted by atomic mass is 10.2. The van der Waals surface area contributed by atoms with Gasteiger partial charge in [-0.2, -0.15) is 0 Å². The Morgan fingerprint density at radius 2 is 1.89 bits per heavy atom. The number of carbonyl (C=O) groups is 1. The van der Waals surface area contributed by atoms with Crippen molar-refractivity contribution >= 4 is 22.8 Å². The highest BCUT2D eigenvalue weighted by atomic mass is 19.1. The summed E-state index contributed by atoms with van der Waals surface area (Å²) in [4.78, 5) is 22.2. The molecule has 2 aromatic carbocycles. The van der Waals surface area contributed by atoms with Crippen LogP contribution in [0.3, 0.4) is 0 Å². The van der Waals surface area contributed by atoms with Crippen molar-refractivity contribution in [3.8, 4) is 0 Å². The molecule has 0 bridgehead atoms. The van der Waals surface area contributed by atoms with Crippen LogP contribution in [0.2, 0.25) is 0 Å². The Morgan fingerprint density at radius 3 is 2.67 bits per heavy atom. The van der Waals surface area contributed by atoms with Gasteiger partial charge in [-0.3, -0.25) is 4.90 Å². The average molecular weight is 366 g/mol. The first kappa shape index (κ1) is 17.5. The van der Waals surface area contributed by atoms with Crippen molar-refractivity contribution in [1.82, 2.24) is 15.3 Å². The lowest BCUT2D eigenvalue weighted by Gasteiger charge is -2.29. The number of aromatic amines is 1. The number of halogens is 1. The molecule has 0 aliphatic heterocycles. The van der Waals surface area contributed by atoms with E-state index in [1.54, 1.807) is 23.1 Å². The Morgan fingerprint density at radius 1 is 1.15 bits per heavy atom. The Kier molecular flexibility index (Phi) is 5.05. The summed E-state index contributed by atoms with van der Waals surface area (Å²) < 4.78 is 14.3. The zero-order chi connectivity index (χ0) is 18.6. The average Bonchev–Trinajstić information content (AvgIpc) is 3.33. The van der Waals surface area contributed by atoms with E-state index in [0.29, 0.717) is 18.7 Å². The lowest BCUT2D eigenvalue weighted by molar-refractivity contribution is 0.243. The van der Waals surface area contributed by atoms with Crippen molar-refractivity contribution in [2.45, 2.75) is 38.1 Å². The number of anilines is 1. The van der Waals surface area contributed by atoms with Crippen molar-refractivity contribution in [2.75, 3.05) is 11.4 Å². The number of fused-ring (bicyclic) bond motifs is 1. The quantitative estimate of drug-likeness (QED) is 0.703. The highest BCUT2D eigenvalue weighted by molar-refractivity contribution is 5.92. The molecule has 6 heteroatoms. The molecule has 0 radical (unpaired) electrons. The van der Waals surface area contributed by atoms with Gasteiger partial charge in [0.1, 0.15) is 11.6 Å². The molecule has 2 amide bonds. The fourth-order valence-electron chi connectivity index (χ4n) is 3.78. The second kappa shape index (κ2) is 7.78. The minimum atomic E-state index is -0.364. The number of hydrogen-bond donors (Lipinski definition) is 2. The molecule has 3 aromatic rings. The summed E-state index contributed by atoms with van der Waals surface area (Å²) in [6.07, 6.45) is 4.55. The van der Waals surface area contributed by atoms with Crippen molar-refractivity contribution in [3.05, 3.63) is 60.2 Å². The molecule has 4 rings (SSSR count). The molecule has 1 fully saturated rings. The van der Waals surface area contributed by atoms with Gasteiger partial charge in [-0.05, 0) is 37.1 Å². The van der Waals surface area contributed by atoms with Gasteiger partial charge in [0.15, 0.2) is 0 Å². The third kappa shape index (κ3) is 3.79. The summed E-state index contributed by atoms with van der Waals surface area (Å²) in [5.74, 6) is 0.464. The molecule has 1 aromatic heterocycles. The van der Waals surface area contributed by atoms with Crippen molar-refractivity contribution in [2.24, 2.45) is 0 Å². The SMILES string of the molecule is O=C(NCCc1nc2ccccc2[nH]1)N(c1ccccc1F)C1CCCC1. The first-order valence-electron chi connectivity index (χ1n) is 9.47. The van der Waals surface area contributed by atoms with E-state index in [4.69, 9.17) is 0 Å². The molecule has 5 nitrogen and oxygen atoms in total. The molecule has 1 aliphatic rings. The third-order valence-corrected chi connectivity index (χ3v) is 5.10. The first-order chi connectivity index (χ1) is 13.2. The number of nitrogens with one attached hydrogen (secondary N) is 2. The molecule has 0 saturated heterocycles. The zero-order valence-corrected chi connectivity index (χ0v) is 15.1. The van der Waals surface area contributed by atoms with E-state index in [2.05, 4.69) is 15.3 Å². The smallest absolute Gasteiger partial charge is 0.322 e. The molecule has 0 unspecified atom stereocenters. The number of rotatable bonds is 5. The minimum absolute atomic E-state index is 0.0492. The highest BCUT2D eigenvalue weighted by Crippen LogP contribution is 2.30. The number of hydrogen-bond acceptors (Lipinski definition) is 2. The van der Waals surface area contributed by atoms with Gasteiger partial charge in [-0.1, -0.05) is 37.1 Å². The Balaban J connectivity index is 1.44. The van der Waals surface area contributed by atoms with Gasteiger partial charge in [-0.15, -0.1) is 0 Å². The van der Waals surface area contributed by atoms with Crippen molar-refractivity contribution < 1.29 is 9.18 Å². The van der Waals surface area contributed by atoms with Gasteiger partial charge in [0.05, 0.1) is 16.7 Å². The maximum Gasteiger partial charge on any atom is 0.322 e. The minimum Gasteiger partial charge on any atom is -0.342 e. The molecule has 0 spiro atoms. The third-order valence-electron chi connectivity index (χ3n) is 5.10. The van der Waals surface area contributed by atoms with Crippen LogP contribution in [0.25, 0.3) is 11.0 Å². The predicted octanol–water partition coefficient (Wildman–Crippen LogP) is 4.40. The largest absolute Gasteiger partial charge is 0.342 e. The molecule has 2 N–H and O–H groups in total. The molecular formula is C21H23FN4O. The maximum absolute atomic E-state index is 14.3. The van der Waals surface area contributed by atoms with Crippen LogP contribution in [0.15, 0.2) is 48.5 Å². The van der Waals surface area contributed by atoms with Crippen molar-refractivity contribution in [1.29, 1.82) is 0 Å². The molecule has 0 atom stereocenters. The number of urea groups is 1. The number of carbonyl (C=O) groups excluding carboxylic acids is 1. The Hall–Kier alpha value is -2.89. The second-order valence-electron chi connectivity index (χ2n) is 6.94. The standard InChI is InChI=1S/C21H23FN4O/c22-16-9-3-6-12-19(16)26(15-7-1-2-8-15)21(27)23-14-13-20-24-17-10-4-5-11-18(17)25-20/h3-6,9-12,15H,1-2,7-8,13-14H2,(H,23,27)(H,24,25). The van der Waals surface area contributed by atoms with Gasteiger partial charge in [0, 0.05) is 19.0 Å². The number of amides is 2. The molecule has 140 valence electrons. The first-order valence-corrected chi connectivity index (χ1v) is 9.47. The lowest BCUT2D eigenvalue weighted by Crippen LogP contribution is -2.46. The number of aromatic nitrogens is 2. The summed E-state index contributed by atoms with van der Waals surface area (Å²) in [5.41, 5.74) is 2.25. The predicted molar refractivity (Wildman–Crippen MR) is 104 cm³/mol. The summed E-state index contributed by atoms with van der Waals surface area (Å²) in [7, 11) is 0. The Bertz CT molecular complexity index is 900. The van der Waals surface area contributed by atoms with Crippen LogP contribution in [0.5, 0.6) is 0 Å². The fraction of sp³-hybridized carbons (Fsp3) is 0.333. The number of nitrogens with zero attached hydrogens (tertiary/aromatic N) is 2. The molecule has 1 aliphatic carbocycles. The topological polar surface area (TPSA) is 61.0 Å². The fourth-order valence-corrected chi connectivity index (χ4v) is 3.78. The van der Waals surface area contributed by atoms with Gasteiger partial charge in [0.25, 0.3) is 0 Å². The summed E-state index contributed by atoms with van der Waals surface area (Å²) in [6.45, 7) is 0.441. The van der Waals surface area contributed by atoms with Crippen LogP contribution >= 0.6 is 0 Å². The summed E-state index contributed by atoms with van der Waals surface area (Å²) >= 11 is 0. The monoisotopic (exact) mass is 366 g/mol. The highest BCUT2D eigenvalue weighted by Gasteiger charge is 2.29. The van der Waals surface area contributed by atoms with Crippen LogP contribution in [0.4, 0.5) is 14.9 Å². The molecular weight excluding hydrogens is 343 g/mol. The van der Waals surface area contributed by atoms with E-state index in [1.165, 1.54) is 6.07 Å². The normalized spacial score (nSPS) is 14.6. The van der Waals surface area contributed by atoms with Crippen LogP contribution in [-0.4, -0.2) is 28.6 Å².